The lowest BCUT2D eigenvalue weighted by molar-refractivity contribution is -0.132. The van der Waals surface area contributed by atoms with Gasteiger partial charge in [-0.3, -0.25) is 9.69 Å². The van der Waals surface area contributed by atoms with Crippen LogP contribution in [-0.2, 0) is 11.2 Å². The normalized spacial score (nSPS) is 21.0. The molecule has 22 heavy (non-hydrogen) atoms. The molecule has 2 fully saturated rings. The Morgan fingerprint density at radius 3 is 2.27 bits per heavy atom. The summed E-state index contributed by atoms with van der Waals surface area (Å²) >= 11 is 3.43. The quantitative estimate of drug-likeness (QED) is 0.819. The average Bonchev–Trinajstić information content (AvgIpc) is 2.58. The van der Waals surface area contributed by atoms with Gasteiger partial charge in [-0.1, -0.05) is 47.3 Å². The Morgan fingerprint density at radius 2 is 1.64 bits per heavy atom. The molecule has 0 N–H and O–H groups in total. The van der Waals surface area contributed by atoms with Crippen LogP contribution in [0.25, 0.3) is 0 Å². The molecule has 0 spiro atoms. The van der Waals surface area contributed by atoms with Crippen molar-refractivity contribution in [3.05, 3.63) is 34.3 Å². The number of piperazine rings is 1. The molecule has 0 atom stereocenters. The summed E-state index contributed by atoms with van der Waals surface area (Å²) in [5.74, 6) is 0.269. The lowest BCUT2D eigenvalue weighted by Gasteiger charge is -2.40. The first-order valence-electron chi connectivity index (χ1n) is 8.48. The van der Waals surface area contributed by atoms with Gasteiger partial charge in [-0.2, -0.15) is 0 Å². The van der Waals surface area contributed by atoms with E-state index in [1.165, 1.54) is 32.1 Å². The SMILES string of the molecule is O=C(Cc1ccc(Br)cc1)N1CCN(C2CCCCC2)CC1. The highest BCUT2D eigenvalue weighted by Crippen LogP contribution is 2.23. The van der Waals surface area contributed by atoms with Crippen LogP contribution in [0.5, 0.6) is 0 Å². The molecule has 0 unspecified atom stereocenters. The molecule has 1 aromatic carbocycles. The summed E-state index contributed by atoms with van der Waals surface area (Å²) in [6.07, 6.45) is 7.40. The van der Waals surface area contributed by atoms with Gasteiger partial charge in [0.15, 0.2) is 0 Å². The van der Waals surface area contributed by atoms with Gasteiger partial charge in [0.25, 0.3) is 0 Å². The van der Waals surface area contributed by atoms with E-state index in [0.717, 1.165) is 42.3 Å². The van der Waals surface area contributed by atoms with E-state index in [1.54, 1.807) is 0 Å². The molecule has 0 aromatic heterocycles. The molecule has 1 amide bonds. The fourth-order valence-electron chi connectivity index (χ4n) is 3.67. The highest BCUT2D eigenvalue weighted by atomic mass is 79.9. The van der Waals surface area contributed by atoms with Crippen LogP contribution in [0, 0.1) is 0 Å². The van der Waals surface area contributed by atoms with Crippen molar-refractivity contribution in [3.63, 3.8) is 0 Å². The summed E-state index contributed by atoms with van der Waals surface area (Å²) < 4.78 is 1.06. The van der Waals surface area contributed by atoms with E-state index in [-0.39, 0.29) is 5.91 Å². The zero-order valence-corrected chi connectivity index (χ0v) is 14.7. The summed E-state index contributed by atoms with van der Waals surface area (Å²) in [5.41, 5.74) is 1.10. The number of hydrogen-bond donors (Lipinski definition) is 0. The van der Waals surface area contributed by atoms with Gasteiger partial charge in [-0.25, -0.2) is 0 Å². The van der Waals surface area contributed by atoms with Gasteiger partial charge in [-0.15, -0.1) is 0 Å². The minimum Gasteiger partial charge on any atom is -0.340 e. The van der Waals surface area contributed by atoms with E-state index in [9.17, 15) is 4.79 Å². The first kappa shape index (κ1) is 16.0. The van der Waals surface area contributed by atoms with Crippen molar-refractivity contribution >= 4 is 21.8 Å². The van der Waals surface area contributed by atoms with Gasteiger partial charge in [0.1, 0.15) is 0 Å². The van der Waals surface area contributed by atoms with Crippen molar-refractivity contribution in [2.24, 2.45) is 0 Å². The molecule has 2 aliphatic rings. The predicted molar refractivity (Wildman–Crippen MR) is 92.9 cm³/mol. The minimum absolute atomic E-state index is 0.269. The molecule has 1 aliphatic carbocycles. The van der Waals surface area contributed by atoms with Gasteiger partial charge in [0.05, 0.1) is 6.42 Å². The van der Waals surface area contributed by atoms with Crippen molar-refractivity contribution in [3.8, 4) is 0 Å². The Bertz CT molecular complexity index is 488. The summed E-state index contributed by atoms with van der Waals surface area (Å²) in [5, 5.41) is 0. The number of benzene rings is 1. The molecule has 3 nitrogen and oxygen atoms in total. The first-order chi connectivity index (χ1) is 10.7. The maximum Gasteiger partial charge on any atom is 0.227 e. The highest BCUT2D eigenvalue weighted by molar-refractivity contribution is 9.10. The van der Waals surface area contributed by atoms with Crippen LogP contribution in [0.4, 0.5) is 0 Å². The average molecular weight is 365 g/mol. The maximum absolute atomic E-state index is 12.4. The van der Waals surface area contributed by atoms with E-state index in [1.807, 2.05) is 29.2 Å². The van der Waals surface area contributed by atoms with Gasteiger partial charge >= 0.3 is 0 Å². The molecule has 1 aliphatic heterocycles. The van der Waals surface area contributed by atoms with Gasteiger partial charge in [0, 0.05) is 36.7 Å². The third-order valence-electron chi connectivity index (χ3n) is 5.03. The van der Waals surface area contributed by atoms with E-state index >= 15 is 0 Å². The van der Waals surface area contributed by atoms with Gasteiger partial charge in [-0.05, 0) is 30.5 Å². The standard InChI is InChI=1S/C18H25BrN2O/c19-16-8-6-15(7-9-16)14-18(22)21-12-10-20(11-13-21)17-4-2-1-3-5-17/h6-9,17H,1-5,10-14H2. The van der Waals surface area contributed by atoms with Crippen LogP contribution < -0.4 is 0 Å². The summed E-state index contributed by atoms with van der Waals surface area (Å²) in [6, 6.07) is 8.84. The predicted octanol–water partition coefficient (Wildman–Crippen LogP) is 3.47. The van der Waals surface area contributed by atoms with Crippen molar-refractivity contribution in [2.75, 3.05) is 26.2 Å². The lowest BCUT2D eigenvalue weighted by atomic mass is 9.94. The Morgan fingerprint density at radius 1 is 1.00 bits per heavy atom. The van der Waals surface area contributed by atoms with E-state index in [2.05, 4.69) is 20.8 Å². The van der Waals surface area contributed by atoms with Crippen LogP contribution in [0.3, 0.4) is 0 Å². The molecule has 0 radical (unpaired) electrons. The largest absolute Gasteiger partial charge is 0.340 e. The fraction of sp³-hybridized carbons (Fsp3) is 0.611. The Kier molecular flexibility index (Phi) is 5.53. The zero-order chi connectivity index (χ0) is 15.4. The number of rotatable bonds is 3. The number of halogens is 1. The number of carbonyl (C=O) groups excluding carboxylic acids is 1. The molecule has 0 bridgehead atoms. The van der Waals surface area contributed by atoms with Gasteiger partial charge < -0.3 is 4.90 Å². The number of carbonyl (C=O) groups is 1. The van der Waals surface area contributed by atoms with Crippen molar-refractivity contribution in [1.82, 2.24) is 9.80 Å². The maximum atomic E-state index is 12.4. The zero-order valence-electron chi connectivity index (χ0n) is 13.1. The van der Waals surface area contributed by atoms with Gasteiger partial charge in [0.2, 0.25) is 5.91 Å². The second-order valence-corrected chi connectivity index (χ2v) is 7.43. The Hall–Kier alpha value is -0.870. The first-order valence-corrected chi connectivity index (χ1v) is 9.28. The third-order valence-corrected chi connectivity index (χ3v) is 5.56. The smallest absolute Gasteiger partial charge is 0.227 e. The van der Waals surface area contributed by atoms with Crippen LogP contribution >= 0.6 is 15.9 Å². The molecular weight excluding hydrogens is 340 g/mol. The number of amides is 1. The van der Waals surface area contributed by atoms with Crippen LogP contribution in [0.15, 0.2) is 28.7 Å². The summed E-state index contributed by atoms with van der Waals surface area (Å²) in [4.78, 5) is 17.1. The highest BCUT2D eigenvalue weighted by Gasteiger charge is 2.26. The van der Waals surface area contributed by atoms with E-state index in [4.69, 9.17) is 0 Å². The summed E-state index contributed by atoms with van der Waals surface area (Å²) in [6.45, 7) is 3.89. The second-order valence-electron chi connectivity index (χ2n) is 6.51. The van der Waals surface area contributed by atoms with Crippen molar-refractivity contribution < 1.29 is 4.79 Å². The molecule has 3 rings (SSSR count). The molecule has 120 valence electrons. The van der Waals surface area contributed by atoms with E-state index in [0.29, 0.717) is 6.42 Å². The monoisotopic (exact) mass is 364 g/mol. The fourth-order valence-corrected chi connectivity index (χ4v) is 3.94. The summed E-state index contributed by atoms with van der Waals surface area (Å²) in [7, 11) is 0. The molecule has 1 heterocycles. The Labute approximate surface area is 141 Å². The van der Waals surface area contributed by atoms with E-state index < -0.39 is 0 Å². The lowest BCUT2D eigenvalue weighted by Crippen LogP contribution is -2.52. The van der Waals surface area contributed by atoms with Crippen LogP contribution in [-0.4, -0.2) is 47.9 Å². The van der Waals surface area contributed by atoms with Crippen molar-refractivity contribution in [1.29, 1.82) is 0 Å². The van der Waals surface area contributed by atoms with Crippen molar-refractivity contribution in [2.45, 2.75) is 44.6 Å². The topological polar surface area (TPSA) is 23.6 Å². The molecule has 1 aromatic rings. The molecule has 1 saturated heterocycles. The molecular formula is C18H25BrN2O. The number of nitrogens with zero attached hydrogens (tertiary/aromatic N) is 2. The van der Waals surface area contributed by atoms with Crippen LogP contribution in [0.2, 0.25) is 0 Å². The minimum atomic E-state index is 0.269. The van der Waals surface area contributed by atoms with Crippen LogP contribution in [0.1, 0.15) is 37.7 Å². The molecule has 1 saturated carbocycles. The third kappa shape index (κ3) is 4.11. The number of hydrogen-bond acceptors (Lipinski definition) is 2. The second kappa shape index (κ2) is 7.60. The molecule has 4 heteroatoms. The Balaban J connectivity index is 1.48.